The third kappa shape index (κ3) is 5.70. The van der Waals surface area contributed by atoms with Gasteiger partial charge in [0, 0.05) is 45.3 Å². The molecule has 32 heavy (non-hydrogen) atoms. The summed E-state index contributed by atoms with van der Waals surface area (Å²) >= 11 is 0. The van der Waals surface area contributed by atoms with Crippen LogP contribution in [-0.4, -0.2) is 87.6 Å². The highest BCUT2D eigenvalue weighted by Crippen LogP contribution is 2.28. The minimum Gasteiger partial charge on any atom is -0.497 e. The molecule has 8 heteroatoms. The first-order valence-electron chi connectivity index (χ1n) is 10.6. The summed E-state index contributed by atoms with van der Waals surface area (Å²) in [7, 11) is 6.54. The predicted octanol–water partition coefficient (Wildman–Crippen LogP) is 2.13. The number of rotatable bonds is 8. The monoisotopic (exact) mass is 441 g/mol. The van der Waals surface area contributed by atoms with Crippen molar-refractivity contribution in [3.63, 3.8) is 0 Å². The molecule has 3 rings (SSSR count). The highest BCUT2D eigenvalue weighted by atomic mass is 16.5. The van der Waals surface area contributed by atoms with Gasteiger partial charge in [0.15, 0.2) is 11.5 Å². The van der Waals surface area contributed by atoms with Crippen LogP contribution in [0.2, 0.25) is 0 Å². The van der Waals surface area contributed by atoms with Crippen molar-refractivity contribution in [3.8, 4) is 17.2 Å². The Hall–Kier alpha value is -3.26. The fraction of sp³-hybridized carbons (Fsp3) is 0.417. The summed E-state index contributed by atoms with van der Waals surface area (Å²) < 4.78 is 15.8. The maximum atomic E-state index is 12.9. The van der Waals surface area contributed by atoms with Crippen LogP contribution in [-0.2, 0) is 11.3 Å². The van der Waals surface area contributed by atoms with Crippen LogP contribution in [0.5, 0.6) is 17.2 Å². The molecule has 1 aliphatic heterocycles. The molecule has 1 aliphatic rings. The molecule has 0 unspecified atom stereocenters. The second-order valence-electron chi connectivity index (χ2n) is 7.74. The van der Waals surface area contributed by atoms with Gasteiger partial charge in [-0.05, 0) is 35.9 Å². The zero-order chi connectivity index (χ0) is 23.1. The number of hydrogen-bond donors (Lipinski definition) is 0. The van der Waals surface area contributed by atoms with Crippen LogP contribution in [0.4, 0.5) is 0 Å². The Morgan fingerprint density at radius 3 is 2.28 bits per heavy atom. The van der Waals surface area contributed by atoms with Gasteiger partial charge in [-0.25, -0.2) is 0 Å². The van der Waals surface area contributed by atoms with E-state index in [-0.39, 0.29) is 11.8 Å². The number of amides is 2. The predicted molar refractivity (Wildman–Crippen MR) is 121 cm³/mol. The molecule has 0 N–H and O–H groups in total. The van der Waals surface area contributed by atoms with E-state index in [0.29, 0.717) is 56.3 Å². The van der Waals surface area contributed by atoms with Crippen molar-refractivity contribution in [2.24, 2.45) is 0 Å². The number of hydrogen-bond acceptors (Lipinski definition) is 6. The molecular formula is C24H31N3O5. The van der Waals surface area contributed by atoms with E-state index < -0.39 is 0 Å². The van der Waals surface area contributed by atoms with Gasteiger partial charge in [0.25, 0.3) is 5.91 Å². The molecule has 2 aromatic rings. The summed E-state index contributed by atoms with van der Waals surface area (Å²) in [6.07, 6.45) is 0. The summed E-state index contributed by atoms with van der Waals surface area (Å²) in [5, 5.41) is 0. The van der Waals surface area contributed by atoms with Gasteiger partial charge in [-0.15, -0.1) is 0 Å². The number of nitrogens with zero attached hydrogens (tertiary/aromatic N) is 3. The molecule has 1 heterocycles. The minimum atomic E-state index is -0.0490. The number of carbonyl (C=O) groups excluding carboxylic acids is 2. The molecule has 0 bridgehead atoms. The zero-order valence-electron chi connectivity index (χ0n) is 19.2. The number of likely N-dealkylation sites (N-methyl/N-ethyl adjacent to an activating group) is 1. The van der Waals surface area contributed by atoms with Gasteiger partial charge in [0.1, 0.15) is 5.75 Å². The Morgan fingerprint density at radius 2 is 1.62 bits per heavy atom. The molecule has 0 aromatic heterocycles. The van der Waals surface area contributed by atoms with Gasteiger partial charge in [-0.1, -0.05) is 12.1 Å². The second-order valence-corrected chi connectivity index (χ2v) is 7.74. The first kappa shape index (κ1) is 23.4. The molecule has 1 saturated heterocycles. The maximum Gasteiger partial charge on any atom is 0.254 e. The molecule has 2 amide bonds. The first-order valence-corrected chi connectivity index (χ1v) is 10.6. The van der Waals surface area contributed by atoms with Crippen LogP contribution in [0.25, 0.3) is 0 Å². The van der Waals surface area contributed by atoms with Crippen molar-refractivity contribution in [3.05, 3.63) is 53.6 Å². The SMILES string of the molecule is COc1cccc(CN(C)C(=O)CN2CCN(C(=O)c3ccc(OC)c(OC)c3)CC2)c1. The van der Waals surface area contributed by atoms with E-state index in [1.54, 1.807) is 51.5 Å². The van der Waals surface area contributed by atoms with E-state index in [1.807, 2.05) is 29.2 Å². The molecule has 0 spiro atoms. The fourth-order valence-electron chi connectivity index (χ4n) is 3.71. The van der Waals surface area contributed by atoms with Gasteiger partial charge in [-0.3, -0.25) is 14.5 Å². The van der Waals surface area contributed by atoms with Gasteiger partial charge in [0.05, 0.1) is 27.9 Å². The highest BCUT2D eigenvalue weighted by molar-refractivity contribution is 5.95. The number of ether oxygens (including phenoxy) is 3. The van der Waals surface area contributed by atoms with Crippen molar-refractivity contribution in [1.29, 1.82) is 0 Å². The molecule has 1 fully saturated rings. The van der Waals surface area contributed by atoms with Crippen LogP contribution >= 0.6 is 0 Å². The standard InChI is InChI=1S/C24H31N3O5/c1-25(16-18-6-5-7-20(14-18)30-2)23(28)17-26-10-12-27(13-11-26)24(29)19-8-9-21(31-3)22(15-19)32-4/h5-9,14-15H,10-13,16-17H2,1-4H3. The van der Waals surface area contributed by atoms with E-state index in [9.17, 15) is 9.59 Å². The summed E-state index contributed by atoms with van der Waals surface area (Å²) in [6, 6.07) is 12.9. The fourth-order valence-corrected chi connectivity index (χ4v) is 3.71. The van der Waals surface area contributed by atoms with Crippen LogP contribution < -0.4 is 14.2 Å². The average molecular weight is 442 g/mol. The Kier molecular flexibility index (Phi) is 7.94. The van der Waals surface area contributed by atoms with Crippen LogP contribution in [0.1, 0.15) is 15.9 Å². The minimum absolute atomic E-state index is 0.0486. The Balaban J connectivity index is 1.50. The Labute approximate surface area is 189 Å². The number of methoxy groups -OCH3 is 3. The summed E-state index contributed by atoms with van der Waals surface area (Å²) in [5.41, 5.74) is 1.58. The summed E-state index contributed by atoms with van der Waals surface area (Å²) in [5.74, 6) is 1.89. The Bertz CT molecular complexity index is 941. The van der Waals surface area contributed by atoms with E-state index >= 15 is 0 Å². The van der Waals surface area contributed by atoms with Gasteiger partial charge < -0.3 is 24.0 Å². The normalized spacial score (nSPS) is 14.1. The van der Waals surface area contributed by atoms with E-state index in [4.69, 9.17) is 14.2 Å². The highest BCUT2D eigenvalue weighted by Gasteiger charge is 2.25. The third-order valence-electron chi connectivity index (χ3n) is 5.63. The van der Waals surface area contributed by atoms with Crippen molar-refractivity contribution >= 4 is 11.8 Å². The summed E-state index contributed by atoms with van der Waals surface area (Å²) in [4.78, 5) is 31.2. The number of benzene rings is 2. The Morgan fingerprint density at radius 1 is 0.906 bits per heavy atom. The lowest BCUT2D eigenvalue weighted by Gasteiger charge is -2.35. The number of piperazine rings is 1. The van der Waals surface area contributed by atoms with E-state index in [1.165, 1.54) is 0 Å². The third-order valence-corrected chi connectivity index (χ3v) is 5.63. The average Bonchev–Trinajstić information content (AvgIpc) is 2.83. The molecule has 0 radical (unpaired) electrons. The smallest absolute Gasteiger partial charge is 0.254 e. The van der Waals surface area contributed by atoms with E-state index in [0.717, 1.165) is 11.3 Å². The molecular weight excluding hydrogens is 410 g/mol. The molecule has 2 aromatic carbocycles. The van der Waals surface area contributed by atoms with Crippen LogP contribution in [0.3, 0.4) is 0 Å². The van der Waals surface area contributed by atoms with Crippen LogP contribution in [0, 0.1) is 0 Å². The molecule has 172 valence electrons. The maximum absolute atomic E-state index is 12.9. The van der Waals surface area contributed by atoms with Crippen molar-refractivity contribution in [2.45, 2.75) is 6.54 Å². The lowest BCUT2D eigenvalue weighted by atomic mass is 10.1. The van der Waals surface area contributed by atoms with Gasteiger partial charge in [-0.2, -0.15) is 0 Å². The molecule has 0 saturated carbocycles. The first-order chi connectivity index (χ1) is 15.4. The van der Waals surface area contributed by atoms with E-state index in [2.05, 4.69) is 4.90 Å². The van der Waals surface area contributed by atoms with Crippen molar-refractivity contribution in [1.82, 2.24) is 14.7 Å². The second kappa shape index (κ2) is 10.9. The largest absolute Gasteiger partial charge is 0.497 e. The summed E-state index contributed by atoms with van der Waals surface area (Å²) in [6.45, 7) is 3.29. The van der Waals surface area contributed by atoms with Gasteiger partial charge >= 0.3 is 0 Å². The molecule has 8 nitrogen and oxygen atoms in total. The topological polar surface area (TPSA) is 71.6 Å². The lowest BCUT2D eigenvalue weighted by molar-refractivity contribution is -0.132. The number of carbonyl (C=O) groups is 2. The van der Waals surface area contributed by atoms with Crippen LogP contribution in [0.15, 0.2) is 42.5 Å². The quantitative estimate of drug-likeness (QED) is 0.625. The lowest BCUT2D eigenvalue weighted by Crippen LogP contribution is -2.51. The van der Waals surface area contributed by atoms with Crippen molar-refractivity contribution in [2.75, 3.05) is 61.1 Å². The van der Waals surface area contributed by atoms with Gasteiger partial charge in [0.2, 0.25) is 5.91 Å². The molecule has 0 atom stereocenters. The zero-order valence-corrected chi connectivity index (χ0v) is 19.2. The molecule has 0 aliphatic carbocycles. The van der Waals surface area contributed by atoms with Crippen molar-refractivity contribution < 1.29 is 23.8 Å².